The van der Waals surface area contributed by atoms with Gasteiger partial charge in [0.1, 0.15) is 0 Å². The average Bonchev–Trinajstić information content (AvgIpc) is 2.38. The van der Waals surface area contributed by atoms with Crippen molar-refractivity contribution in [3.05, 3.63) is 23.5 Å². The summed E-state index contributed by atoms with van der Waals surface area (Å²) in [5, 5.41) is 0. The lowest BCUT2D eigenvalue weighted by Crippen LogP contribution is -2.08. The van der Waals surface area contributed by atoms with E-state index in [2.05, 4.69) is 16.7 Å². The topological polar surface area (TPSA) is 40.2 Å². The van der Waals surface area contributed by atoms with Crippen LogP contribution >= 0.6 is 0 Å². The molecular weight excluding hydrogens is 152 g/mol. The van der Waals surface area contributed by atoms with Gasteiger partial charge in [0.25, 0.3) is 0 Å². The minimum Gasteiger partial charge on any atom is -0.378 e. The Kier molecular flexibility index (Phi) is 3.31. The van der Waals surface area contributed by atoms with Gasteiger partial charge >= 0.3 is 0 Å². The first kappa shape index (κ1) is 9.29. The number of aromatic nitrogens is 1. The van der Waals surface area contributed by atoms with Crippen LogP contribution in [0.3, 0.4) is 0 Å². The Hall–Kier alpha value is -0.800. The van der Waals surface area contributed by atoms with Crippen molar-refractivity contribution in [2.45, 2.75) is 13.0 Å². The third kappa shape index (κ3) is 1.87. The number of ether oxygens (including phenoxy) is 1. The lowest BCUT2D eigenvalue weighted by molar-refractivity contribution is 0.179. The van der Waals surface area contributed by atoms with Gasteiger partial charge in [-0.3, -0.25) is 0 Å². The standard InChI is InChI=1S/C9H16N2O/c1-11-8(5-6-10)3-4-9(11)7-12-2/h3-4H,5-7,10H2,1-2H3. The maximum absolute atomic E-state index is 5.47. The molecule has 1 rings (SSSR count). The second kappa shape index (κ2) is 4.28. The lowest BCUT2D eigenvalue weighted by atomic mass is 10.3. The predicted octanol–water partition coefficient (Wildman–Crippen LogP) is 0.673. The smallest absolute Gasteiger partial charge is 0.0863 e. The van der Waals surface area contributed by atoms with Gasteiger partial charge in [-0.15, -0.1) is 0 Å². The summed E-state index contributed by atoms with van der Waals surface area (Å²) >= 11 is 0. The van der Waals surface area contributed by atoms with E-state index in [-0.39, 0.29) is 0 Å². The van der Waals surface area contributed by atoms with E-state index < -0.39 is 0 Å². The van der Waals surface area contributed by atoms with Crippen LogP contribution < -0.4 is 5.73 Å². The molecule has 12 heavy (non-hydrogen) atoms. The van der Waals surface area contributed by atoms with Crippen LogP contribution in [0.1, 0.15) is 11.4 Å². The largest absolute Gasteiger partial charge is 0.378 e. The zero-order chi connectivity index (χ0) is 8.97. The van der Waals surface area contributed by atoms with Crippen LogP contribution in [-0.4, -0.2) is 18.2 Å². The molecule has 0 fully saturated rings. The van der Waals surface area contributed by atoms with Crippen LogP contribution in [0.5, 0.6) is 0 Å². The summed E-state index contributed by atoms with van der Waals surface area (Å²) in [6.45, 7) is 1.37. The van der Waals surface area contributed by atoms with E-state index in [1.165, 1.54) is 11.4 Å². The quantitative estimate of drug-likeness (QED) is 0.718. The van der Waals surface area contributed by atoms with Crippen molar-refractivity contribution < 1.29 is 4.74 Å². The van der Waals surface area contributed by atoms with Gasteiger partial charge in [0.15, 0.2) is 0 Å². The molecule has 2 N–H and O–H groups in total. The number of nitrogens with two attached hydrogens (primary N) is 1. The first-order chi connectivity index (χ1) is 5.79. The minimum atomic E-state index is 0.668. The van der Waals surface area contributed by atoms with Crippen molar-refractivity contribution in [1.82, 2.24) is 4.57 Å². The van der Waals surface area contributed by atoms with Crippen molar-refractivity contribution in [2.75, 3.05) is 13.7 Å². The summed E-state index contributed by atoms with van der Waals surface area (Å²) in [6.07, 6.45) is 0.931. The molecule has 1 heterocycles. The van der Waals surface area contributed by atoms with Crippen LogP contribution in [0.15, 0.2) is 12.1 Å². The molecule has 0 unspecified atom stereocenters. The maximum Gasteiger partial charge on any atom is 0.0863 e. The number of rotatable bonds is 4. The summed E-state index contributed by atoms with van der Waals surface area (Å²) in [5.74, 6) is 0. The van der Waals surface area contributed by atoms with Crippen LogP contribution in [0, 0.1) is 0 Å². The van der Waals surface area contributed by atoms with Gasteiger partial charge in [0.05, 0.1) is 6.61 Å². The zero-order valence-electron chi connectivity index (χ0n) is 7.71. The third-order valence-electron chi connectivity index (χ3n) is 2.02. The molecule has 3 heteroatoms. The van der Waals surface area contributed by atoms with E-state index in [4.69, 9.17) is 10.5 Å². The van der Waals surface area contributed by atoms with Crippen LogP contribution in [-0.2, 0) is 24.8 Å². The molecule has 3 nitrogen and oxygen atoms in total. The molecule has 0 saturated heterocycles. The lowest BCUT2D eigenvalue weighted by Gasteiger charge is -2.05. The SMILES string of the molecule is COCc1ccc(CCN)n1C. The molecule has 0 bridgehead atoms. The molecule has 0 radical (unpaired) electrons. The number of hydrogen-bond acceptors (Lipinski definition) is 2. The highest BCUT2D eigenvalue weighted by atomic mass is 16.5. The first-order valence-electron chi connectivity index (χ1n) is 4.12. The van der Waals surface area contributed by atoms with E-state index in [9.17, 15) is 0 Å². The zero-order valence-corrected chi connectivity index (χ0v) is 7.71. The van der Waals surface area contributed by atoms with Crippen molar-refractivity contribution in [2.24, 2.45) is 12.8 Å². The summed E-state index contributed by atoms with van der Waals surface area (Å²) < 4.78 is 7.18. The third-order valence-corrected chi connectivity index (χ3v) is 2.02. The van der Waals surface area contributed by atoms with Gasteiger partial charge in [-0.1, -0.05) is 0 Å². The highest BCUT2D eigenvalue weighted by molar-refractivity contribution is 5.15. The fourth-order valence-corrected chi connectivity index (χ4v) is 1.29. The summed E-state index contributed by atoms with van der Waals surface area (Å²) in [4.78, 5) is 0. The second-order valence-corrected chi connectivity index (χ2v) is 2.85. The Morgan fingerprint density at radius 1 is 1.42 bits per heavy atom. The molecule has 0 saturated carbocycles. The van der Waals surface area contributed by atoms with Crippen LogP contribution in [0.25, 0.3) is 0 Å². The molecule has 0 atom stereocenters. The number of methoxy groups -OCH3 is 1. The number of hydrogen-bond donors (Lipinski definition) is 1. The van der Waals surface area contributed by atoms with Crippen molar-refractivity contribution >= 4 is 0 Å². The van der Waals surface area contributed by atoms with Crippen molar-refractivity contribution in [1.29, 1.82) is 0 Å². The Morgan fingerprint density at radius 3 is 2.67 bits per heavy atom. The van der Waals surface area contributed by atoms with Gasteiger partial charge in [-0.05, 0) is 25.1 Å². The monoisotopic (exact) mass is 168 g/mol. The van der Waals surface area contributed by atoms with Gasteiger partial charge in [0, 0.05) is 25.5 Å². The predicted molar refractivity (Wildman–Crippen MR) is 48.9 cm³/mol. The van der Waals surface area contributed by atoms with Gasteiger partial charge in [-0.25, -0.2) is 0 Å². The van der Waals surface area contributed by atoms with Crippen molar-refractivity contribution in [3.63, 3.8) is 0 Å². The van der Waals surface area contributed by atoms with E-state index in [0.717, 1.165) is 6.42 Å². The molecule has 68 valence electrons. The van der Waals surface area contributed by atoms with Gasteiger partial charge in [0.2, 0.25) is 0 Å². The Balaban J connectivity index is 2.74. The molecule has 0 aromatic carbocycles. The molecule has 0 aliphatic rings. The van der Waals surface area contributed by atoms with Crippen LogP contribution in [0.2, 0.25) is 0 Å². The van der Waals surface area contributed by atoms with E-state index in [1.807, 2.05) is 7.05 Å². The van der Waals surface area contributed by atoms with E-state index in [0.29, 0.717) is 13.2 Å². The molecule has 0 spiro atoms. The molecular formula is C9H16N2O. The maximum atomic E-state index is 5.47. The molecule has 0 aliphatic heterocycles. The highest BCUT2D eigenvalue weighted by Crippen LogP contribution is 2.08. The summed E-state index contributed by atoms with van der Waals surface area (Å²) in [6, 6.07) is 4.18. The van der Waals surface area contributed by atoms with Gasteiger partial charge < -0.3 is 15.0 Å². The second-order valence-electron chi connectivity index (χ2n) is 2.85. The van der Waals surface area contributed by atoms with Crippen molar-refractivity contribution in [3.8, 4) is 0 Å². The molecule has 0 aliphatic carbocycles. The van der Waals surface area contributed by atoms with Crippen LogP contribution in [0.4, 0.5) is 0 Å². The van der Waals surface area contributed by atoms with E-state index in [1.54, 1.807) is 7.11 Å². The highest BCUT2D eigenvalue weighted by Gasteiger charge is 2.02. The Bertz CT molecular complexity index is 219. The molecule has 1 aromatic heterocycles. The molecule has 1 aromatic rings. The van der Waals surface area contributed by atoms with E-state index >= 15 is 0 Å². The van der Waals surface area contributed by atoms with Gasteiger partial charge in [-0.2, -0.15) is 0 Å². The summed E-state index contributed by atoms with van der Waals surface area (Å²) in [7, 11) is 3.74. The first-order valence-corrected chi connectivity index (χ1v) is 4.12. The summed E-state index contributed by atoms with van der Waals surface area (Å²) in [5.41, 5.74) is 7.93. The molecule has 0 amide bonds. The Morgan fingerprint density at radius 2 is 2.08 bits per heavy atom. The number of nitrogens with zero attached hydrogens (tertiary/aromatic N) is 1. The fraction of sp³-hybridized carbons (Fsp3) is 0.556. The average molecular weight is 168 g/mol. The normalized spacial score (nSPS) is 10.6. The fourth-order valence-electron chi connectivity index (χ4n) is 1.29. The Labute approximate surface area is 73.1 Å². The minimum absolute atomic E-state index is 0.668.